The van der Waals surface area contributed by atoms with Gasteiger partial charge in [-0.1, -0.05) is 12.1 Å². The van der Waals surface area contributed by atoms with E-state index in [2.05, 4.69) is 5.32 Å². The van der Waals surface area contributed by atoms with Crippen molar-refractivity contribution in [1.29, 1.82) is 0 Å². The number of ether oxygens (including phenoxy) is 1. The van der Waals surface area contributed by atoms with E-state index >= 15 is 0 Å². The number of nitrogens with one attached hydrogen (secondary N) is 1. The standard InChI is InChI=1S/C16H11F4NO3/c17-13-6-5-11(7-12(13)16(18,19)20)21-15(23)9-24-14-4-2-1-3-10(14)8-22/h1-8H,9H2,(H,21,23). The van der Waals surface area contributed by atoms with Crippen LogP contribution in [0.3, 0.4) is 0 Å². The summed E-state index contributed by atoms with van der Waals surface area (Å²) < 4.78 is 56.1. The van der Waals surface area contributed by atoms with E-state index in [0.29, 0.717) is 18.4 Å². The Balaban J connectivity index is 2.04. The lowest BCUT2D eigenvalue weighted by molar-refractivity contribution is -0.140. The van der Waals surface area contributed by atoms with Gasteiger partial charge in [-0.3, -0.25) is 9.59 Å². The zero-order valence-electron chi connectivity index (χ0n) is 12.1. The number of aldehydes is 1. The van der Waals surface area contributed by atoms with Crippen LogP contribution in [0.2, 0.25) is 0 Å². The molecule has 0 aliphatic rings. The second-order valence-electron chi connectivity index (χ2n) is 4.68. The van der Waals surface area contributed by atoms with Crippen LogP contribution in [0.4, 0.5) is 23.2 Å². The van der Waals surface area contributed by atoms with Crippen LogP contribution in [0.5, 0.6) is 5.75 Å². The van der Waals surface area contributed by atoms with Gasteiger partial charge in [-0.05, 0) is 30.3 Å². The Morgan fingerprint density at radius 1 is 1.17 bits per heavy atom. The van der Waals surface area contributed by atoms with Gasteiger partial charge in [-0.2, -0.15) is 13.2 Å². The molecule has 0 heterocycles. The molecular formula is C16H11F4NO3. The third kappa shape index (κ3) is 4.31. The Bertz CT molecular complexity index is 759. The molecule has 0 spiro atoms. The minimum absolute atomic E-state index is 0.165. The summed E-state index contributed by atoms with van der Waals surface area (Å²) in [4.78, 5) is 22.5. The SMILES string of the molecule is O=Cc1ccccc1OCC(=O)Nc1ccc(F)c(C(F)(F)F)c1. The van der Waals surface area contributed by atoms with E-state index in [1.807, 2.05) is 0 Å². The van der Waals surface area contributed by atoms with Gasteiger partial charge in [0.2, 0.25) is 0 Å². The molecule has 2 rings (SSSR count). The molecule has 8 heteroatoms. The van der Waals surface area contributed by atoms with E-state index in [1.165, 1.54) is 12.1 Å². The van der Waals surface area contributed by atoms with Crippen LogP contribution in [0.15, 0.2) is 42.5 Å². The molecule has 2 aromatic rings. The molecule has 1 N–H and O–H groups in total. The quantitative estimate of drug-likeness (QED) is 0.667. The van der Waals surface area contributed by atoms with Crippen molar-refractivity contribution < 1.29 is 31.9 Å². The number of hydrogen-bond donors (Lipinski definition) is 1. The fourth-order valence-electron chi connectivity index (χ4n) is 1.87. The number of carbonyl (C=O) groups excluding carboxylic acids is 2. The van der Waals surface area contributed by atoms with Gasteiger partial charge >= 0.3 is 6.18 Å². The van der Waals surface area contributed by atoms with Crippen LogP contribution in [0.25, 0.3) is 0 Å². The fraction of sp³-hybridized carbons (Fsp3) is 0.125. The van der Waals surface area contributed by atoms with Crippen LogP contribution in [-0.2, 0) is 11.0 Å². The van der Waals surface area contributed by atoms with Crippen LogP contribution in [0.1, 0.15) is 15.9 Å². The maximum atomic E-state index is 13.2. The molecule has 0 bridgehead atoms. The lowest BCUT2D eigenvalue weighted by Gasteiger charge is -2.12. The maximum absolute atomic E-state index is 13.2. The van der Waals surface area contributed by atoms with E-state index in [4.69, 9.17) is 4.74 Å². The van der Waals surface area contributed by atoms with Crippen molar-refractivity contribution in [2.24, 2.45) is 0 Å². The van der Waals surface area contributed by atoms with Crippen LogP contribution < -0.4 is 10.1 Å². The summed E-state index contributed by atoms with van der Waals surface area (Å²) in [7, 11) is 0. The highest BCUT2D eigenvalue weighted by molar-refractivity contribution is 5.92. The Morgan fingerprint density at radius 3 is 2.54 bits per heavy atom. The molecule has 0 fully saturated rings. The third-order valence-electron chi connectivity index (χ3n) is 2.96. The van der Waals surface area contributed by atoms with Crippen molar-refractivity contribution in [2.45, 2.75) is 6.18 Å². The Morgan fingerprint density at radius 2 is 1.88 bits per heavy atom. The summed E-state index contributed by atoms with van der Waals surface area (Å²) in [6.07, 6.45) is -4.33. The first-order valence-electron chi connectivity index (χ1n) is 6.65. The van der Waals surface area contributed by atoms with Gasteiger partial charge in [0.25, 0.3) is 5.91 Å². The second kappa shape index (κ2) is 7.12. The summed E-state index contributed by atoms with van der Waals surface area (Å²) in [5.41, 5.74) is -1.47. The molecule has 4 nitrogen and oxygen atoms in total. The highest BCUT2D eigenvalue weighted by atomic mass is 19.4. The van der Waals surface area contributed by atoms with Crippen LogP contribution >= 0.6 is 0 Å². The van der Waals surface area contributed by atoms with Gasteiger partial charge in [0.05, 0.1) is 11.1 Å². The molecule has 0 aliphatic carbocycles. The van der Waals surface area contributed by atoms with Crippen molar-refractivity contribution in [3.05, 3.63) is 59.4 Å². The first-order valence-corrected chi connectivity index (χ1v) is 6.65. The van der Waals surface area contributed by atoms with Gasteiger partial charge in [-0.25, -0.2) is 4.39 Å². The summed E-state index contributed by atoms with van der Waals surface area (Å²) >= 11 is 0. The summed E-state index contributed by atoms with van der Waals surface area (Å²) in [5.74, 6) is -2.02. The zero-order valence-corrected chi connectivity index (χ0v) is 12.1. The predicted molar refractivity (Wildman–Crippen MR) is 77.4 cm³/mol. The predicted octanol–water partition coefficient (Wildman–Crippen LogP) is 3.67. The summed E-state index contributed by atoms with van der Waals surface area (Å²) in [6, 6.07) is 8.26. The zero-order chi connectivity index (χ0) is 17.7. The number of carbonyl (C=O) groups is 2. The van der Waals surface area contributed by atoms with Gasteiger partial charge in [0, 0.05) is 5.69 Å². The van der Waals surface area contributed by atoms with E-state index in [9.17, 15) is 27.2 Å². The number of benzene rings is 2. The van der Waals surface area contributed by atoms with Crippen LogP contribution in [-0.4, -0.2) is 18.8 Å². The van der Waals surface area contributed by atoms with E-state index in [0.717, 1.165) is 6.07 Å². The summed E-state index contributed by atoms with van der Waals surface area (Å²) in [5, 5.41) is 2.17. The van der Waals surface area contributed by atoms with E-state index < -0.39 is 30.1 Å². The normalized spacial score (nSPS) is 11.0. The molecule has 2 aromatic carbocycles. The van der Waals surface area contributed by atoms with Crippen molar-refractivity contribution >= 4 is 17.9 Å². The smallest absolute Gasteiger partial charge is 0.419 e. The molecule has 0 aliphatic heterocycles. The molecule has 0 aromatic heterocycles. The average Bonchev–Trinajstić information content (AvgIpc) is 2.54. The third-order valence-corrected chi connectivity index (χ3v) is 2.96. The number of para-hydroxylation sites is 1. The molecule has 0 atom stereocenters. The van der Waals surface area contributed by atoms with E-state index in [1.54, 1.807) is 12.1 Å². The Kier molecular flexibility index (Phi) is 5.18. The Labute approximate surface area is 134 Å². The topological polar surface area (TPSA) is 55.4 Å². The minimum Gasteiger partial charge on any atom is -0.483 e. The Hall–Kier alpha value is -2.90. The minimum atomic E-state index is -4.87. The first-order chi connectivity index (χ1) is 11.3. The molecule has 24 heavy (non-hydrogen) atoms. The molecule has 1 amide bonds. The van der Waals surface area contributed by atoms with Crippen molar-refractivity contribution in [3.63, 3.8) is 0 Å². The van der Waals surface area contributed by atoms with Crippen LogP contribution in [0, 0.1) is 5.82 Å². The van der Waals surface area contributed by atoms with Gasteiger partial charge in [0.1, 0.15) is 11.6 Å². The van der Waals surface area contributed by atoms with Gasteiger partial charge in [0.15, 0.2) is 12.9 Å². The fourth-order valence-corrected chi connectivity index (χ4v) is 1.87. The number of rotatable bonds is 5. The van der Waals surface area contributed by atoms with E-state index in [-0.39, 0.29) is 17.0 Å². The maximum Gasteiger partial charge on any atom is 0.419 e. The first kappa shape index (κ1) is 17.5. The average molecular weight is 341 g/mol. The number of hydrogen-bond acceptors (Lipinski definition) is 3. The second-order valence-corrected chi connectivity index (χ2v) is 4.68. The molecule has 0 saturated carbocycles. The lowest BCUT2D eigenvalue weighted by Crippen LogP contribution is -2.21. The lowest BCUT2D eigenvalue weighted by atomic mass is 10.2. The monoisotopic (exact) mass is 341 g/mol. The van der Waals surface area contributed by atoms with Gasteiger partial charge < -0.3 is 10.1 Å². The number of halogens is 4. The molecule has 0 saturated heterocycles. The molecule has 0 radical (unpaired) electrons. The van der Waals surface area contributed by atoms with Crippen molar-refractivity contribution in [1.82, 2.24) is 0 Å². The number of alkyl halides is 3. The summed E-state index contributed by atoms with van der Waals surface area (Å²) in [6.45, 7) is -0.524. The van der Waals surface area contributed by atoms with Gasteiger partial charge in [-0.15, -0.1) is 0 Å². The molecule has 0 unspecified atom stereocenters. The number of anilines is 1. The number of amides is 1. The molecular weight excluding hydrogens is 330 g/mol. The highest BCUT2D eigenvalue weighted by Gasteiger charge is 2.34. The van der Waals surface area contributed by atoms with Crippen molar-refractivity contribution in [2.75, 3.05) is 11.9 Å². The largest absolute Gasteiger partial charge is 0.483 e. The van der Waals surface area contributed by atoms with Crippen molar-refractivity contribution in [3.8, 4) is 5.75 Å². The highest BCUT2D eigenvalue weighted by Crippen LogP contribution is 2.32. The molecule has 126 valence electrons.